The number of aromatic nitrogens is 2. The first-order valence-electron chi connectivity index (χ1n) is 9.51. The zero-order valence-electron chi connectivity index (χ0n) is 16.1. The van der Waals surface area contributed by atoms with Gasteiger partial charge in [-0.25, -0.2) is 14.8 Å². The number of carboxylic acid groups (broad SMARTS) is 1. The molecule has 0 atom stereocenters. The summed E-state index contributed by atoms with van der Waals surface area (Å²) in [5.74, 6) is -0.572. The molecule has 0 unspecified atom stereocenters. The number of morpholine rings is 1. The first-order chi connectivity index (χ1) is 14.6. The number of carbonyl (C=O) groups is 2. The van der Waals surface area contributed by atoms with Gasteiger partial charge in [-0.05, 0) is 42.5 Å². The van der Waals surface area contributed by atoms with E-state index in [0.717, 1.165) is 11.3 Å². The van der Waals surface area contributed by atoms with Crippen molar-refractivity contribution in [1.82, 2.24) is 14.9 Å². The summed E-state index contributed by atoms with van der Waals surface area (Å²) in [6, 6.07) is 15.4. The number of rotatable bonds is 5. The molecule has 3 aromatic rings. The van der Waals surface area contributed by atoms with Crippen LogP contribution in [0.25, 0.3) is 11.3 Å². The molecule has 8 nitrogen and oxygen atoms in total. The number of amides is 1. The third-order valence-electron chi connectivity index (χ3n) is 4.77. The van der Waals surface area contributed by atoms with Crippen LogP contribution >= 0.6 is 0 Å². The first-order valence-corrected chi connectivity index (χ1v) is 9.51. The number of aromatic carboxylic acids is 1. The molecule has 2 aromatic carbocycles. The van der Waals surface area contributed by atoms with Gasteiger partial charge in [0.15, 0.2) is 0 Å². The van der Waals surface area contributed by atoms with Crippen LogP contribution in [0.1, 0.15) is 20.7 Å². The van der Waals surface area contributed by atoms with Gasteiger partial charge in [-0.15, -0.1) is 0 Å². The highest BCUT2D eigenvalue weighted by Gasteiger charge is 2.18. The topological polar surface area (TPSA) is 105 Å². The van der Waals surface area contributed by atoms with E-state index in [1.807, 2.05) is 12.1 Å². The quantitative estimate of drug-likeness (QED) is 0.673. The lowest BCUT2D eigenvalue weighted by Crippen LogP contribution is -2.40. The number of nitrogens with one attached hydrogen (secondary N) is 1. The molecule has 152 valence electrons. The molecule has 30 heavy (non-hydrogen) atoms. The Balaban J connectivity index is 1.46. The molecule has 0 radical (unpaired) electrons. The zero-order chi connectivity index (χ0) is 20.9. The minimum absolute atomic E-state index is 0.00657. The lowest BCUT2D eigenvalue weighted by atomic mass is 10.1. The van der Waals surface area contributed by atoms with Crippen molar-refractivity contribution < 1.29 is 19.4 Å². The second-order valence-electron chi connectivity index (χ2n) is 6.75. The first kappa shape index (κ1) is 19.5. The monoisotopic (exact) mass is 404 g/mol. The van der Waals surface area contributed by atoms with Crippen LogP contribution in [0.2, 0.25) is 0 Å². The third-order valence-corrected chi connectivity index (χ3v) is 4.77. The number of hydrogen-bond acceptors (Lipinski definition) is 6. The lowest BCUT2D eigenvalue weighted by molar-refractivity contribution is 0.0303. The maximum Gasteiger partial charge on any atom is 0.335 e. The Kier molecular flexibility index (Phi) is 5.67. The van der Waals surface area contributed by atoms with Gasteiger partial charge in [0.05, 0.1) is 24.5 Å². The van der Waals surface area contributed by atoms with E-state index in [2.05, 4.69) is 15.3 Å². The standard InChI is InChI=1S/C22H20N4O4/c27-20(26-11-13-30-14-12-26)16-5-7-18(8-6-16)24-22-23-10-9-19(25-22)15-1-3-17(4-2-15)21(28)29/h1-10H,11-14H2,(H,28,29)(H,23,24,25). The summed E-state index contributed by atoms with van der Waals surface area (Å²) >= 11 is 0. The van der Waals surface area contributed by atoms with Crippen molar-refractivity contribution in [2.45, 2.75) is 0 Å². The molecule has 8 heteroatoms. The number of nitrogens with zero attached hydrogens (tertiary/aromatic N) is 3. The third kappa shape index (κ3) is 4.44. The fourth-order valence-corrected chi connectivity index (χ4v) is 3.14. The molecule has 1 aliphatic heterocycles. The highest BCUT2D eigenvalue weighted by Crippen LogP contribution is 2.21. The van der Waals surface area contributed by atoms with Gasteiger partial charge in [0.2, 0.25) is 5.95 Å². The summed E-state index contributed by atoms with van der Waals surface area (Å²) in [4.78, 5) is 34.0. The van der Waals surface area contributed by atoms with Crippen molar-refractivity contribution in [2.75, 3.05) is 31.6 Å². The van der Waals surface area contributed by atoms with Gasteiger partial charge in [-0.2, -0.15) is 0 Å². The summed E-state index contributed by atoms with van der Waals surface area (Å²) < 4.78 is 5.29. The van der Waals surface area contributed by atoms with Crippen molar-refractivity contribution in [3.8, 4) is 11.3 Å². The highest BCUT2D eigenvalue weighted by molar-refractivity contribution is 5.94. The highest BCUT2D eigenvalue weighted by atomic mass is 16.5. The van der Waals surface area contributed by atoms with E-state index in [9.17, 15) is 9.59 Å². The average Bonchev–Trinajstić information content (AvgIpc) is 2.80. The molecular formula is C22H20N4O4. The van der Waals surface area contributed by atoms with Crippen LogP contribution in [0.4, 0.5) is 11.6 Å². The molecule has 4 rings (SSSR count). The predicted molar refractivity (Wildman–Crippen MR) is 111 cm³/mol. The summed E-state index contributed by atoms with van der Waals surface area (Å²) in [5.41, 5.74) is 3.06. The van der Waals surface area contributed by atoms with Crippen LogP contribution in [0.5, 0.6) is 0 Å². The molecule has 0 spiro atoms. The maximum absolute atomic E-state index is 12.5. The van der Waals surface area contributed by atoms with Crippen molar-refractivity contribution in [3.05, 3.63) is 71.9 Å². The number of ether oxygens (including phenoxy) is 1. The van der Waals surface area contributed by atoms with Crippen LogP contribution in [0.3, 0.4) is 0 Å². The summed E-state index contributed by atoms with van der Waals surface area (Å²) in [6.07, 6.45) is 1.63. The summed E-state index contributed by atoms with van der Waals surface area (Å²) in [5, 5.41) is 12.1. The van der Waals surface area contributed by atoms with Crippen molar-refractivity contribution in [1.29, 1.82) is 0 Å². The Morgan fingerprint density at radius 2 is 1.60 bits per heavy atom. The van der Waals surface area contributed by atoms with Gasteiger partial charge in [-0.3, -0.25) is 4.79 Å². The molecule has 2 heterocycles. The van der Waals surface area contributed by atoms with E-state index in [4.69, 9.17) is 9.84 Å². The molecule has 1 saturated heterocycles. The van der Waals surface area contributed by atoms with Crippen LogP contribution in [-0.2, 0) is 4.74 Å². The van der Waals surface area contributed by atoms with E-state index in [1.54, 1.807) is 41.4 Å². The molecular weight excluding hydrogens is 384 g/mol. The number of anilines is 2. The molecule has 0 bridgehead atoms. The minimum Gasteiger partial charge on any atom is -0.478 e. The minimum atomic E-state index is -0.970. The van der Waals surface area contributed by atoms with E-state index < -0.39 is 5.97 Å². The van der Waals surface area contributed by atoms with Crippen LogP contribution in [0, 0.1) is 0 Å². The van der Waals surface area contributed by atoms with Crippen LogP contribution in [-0.4, -0.2) is 58.2 Å². The van der Waals surface area contributed by atoms with Crippen molar-refractivity contribution in [3.63, 3.8) is 0 Å². The largest absolute Gasteiger partial charge is 0.478 e. The van der Waals surface area contributed by atoms with E-state index >= 15 is 0 Å². The van der Waals surface area contributed by atoms with E-state index in [1.165, 1.54) is 12.1 Å². The molecule has 1 aliphatic rings. The fourth-order valence-electron chi connectivity index (χ4n) is 3.14. The van der Waals surface area contributed by atoms with Gasteiger partial charge in [-0.1, -0.05) is 12.1 Å². The van der Waals surface area contributed by atoms with Crippen LogP contribution < -0.4 is 5.32 Å². The molecule has 0 aliphatic carbocycles. The Bertz CT molecular complexity index is 1050. The van der Waals surface area contributed by atoms with Gasteiger partial charge < -0.3 is 20.1 Å². The molecule has 1 aromatic heterocycles. The van der Waals surface area contributed by atoms with Gasteiger partial charge in [0, 0.05) is 36.1 Å². The second kappa shape index (κ2) is 8.71. The Labute approximate surface area is 173 Å². The zero-order valence-corrected chi connectivity index (χ0v) is 16.1. The number of carboxylic acids is 1. The Hall–Kier alpha value is -3.78. The number of hydrogen-bond donors (Lipinski definition) is 2. The van der Waals surface area contributed by atoms with Crippen molar-refractivity contribution in [2.24, 2.45) is 0 Å². The lowest BCUT2D eigenvalue weighted by Gasteiger charge is -2.26. The van der Waals surface area contributed by atoms with Gasteiger partial charge >= 0.3 is 5.97 Å². The molecule has 0 saturated carbocycles. The Morgan fingerprint density at radius 3 is 2.27 bits per heavy atom. The second-order valence-corrected chi connectivity index (χ2v) is 6.75. The van der Waals surface area contributed by atoms with Crippen molar-refractivity contribution >= 4 is 23.5 Å². The average molecular weight is 404 g/mol. The SMILES string of the molecule is O=C(O)c1ccc(-c2ccnc(Nc3ccc(C(=O)N4CCOCC4)cc3)n2)cc1. The normalized spacial score (nSPS) is 13.7. The van der Waals surface area contributed by atoms with Gasteiger partial charge in [0.25, 0.3) is 5.91 Å². The van der Waals surface area contributed by atoms with E-state index in [0.29, 0.717) is 43.5 Å². The fraction of sp³-hybridized carbons (Fsp3) is 0.182. The molecule has 2 N–H and O–H groups in total. The number of benzene rings is 2. The maximum atomic E-state index is 12.5. The molecule has 1 amide bonds. The van der Waals surface area contributed by atoms with Crippen LogP contribution in [0.15, 0.2) is 60.8 Å². The summed E-state index contributed by atoms with van der Waals surface area (Å²) in [6.45, 7) is 2.34. The van der Waals surface area contributed by atoms with Gasteiger partial charge in [0.1, 0.15) is 0 Å². The predicted octanol–water partition coefficient (Wildman–Crippen LogP) is 3.06. The van der Waals surface area contributed by atoms with E-state index in [-0.39, 0.29) is 11.5 Å². The molecule has 1 fully saturated rings. The smallest absolute Gasteiger partial charge is 0.335 e. The summed E-state index contributed by atoms with van der Waals surface area (Å²) in [7, 11) is 0. The number of carbonyl (C=O) groups excluding carboxylic acids is 1. The Morgan fingerprint density at radius 1 is 0.933 bits per heavy atom.